The minimum absolute atomic E-state index is 0.0280. The Morgan fingerprint density at radius 2 is 0.746 bits per heavy atom. The van der Waals surface area contributed by atoms with Crippen molar-refractivity contribution in [2.45, 2.75) is 434 Å². The standard InChI is InChI=1S/C82H129N2O29.3C4H9.Sn/c1-13-14-15-16-17-18-19-20-23-26-29-32-35-41-47-97-50-66(102-57(5)88)49-84(70(96)45-40-34-31-28-25-22-21-24-27-30-33-37-42-65-43-38-36-39-44-65)46-48-98-81-78(109-64(12)95)76(107-62(10)93)74(105-60(8)91)69(111-81)53-101-82-79(77(108-63(11)94)73(104-59(7)90)68(112-82)52-100-56(4)87)113-80-71(83-54(2)85)75(106-61(9)92)72(103-58(6)89)67(110-80)51-99-55(3)86;3*1-3-4-2;/h38-39,43-44,66-69,71-82H,13-35,37,40-42,45-53H2,1-12H3,(H,83,85);3*1,3-4H2,2H3;/t66-,67-,68-,69-,71-,72-,73-,74-,75-,76+,77+,78-,79+,80+,81-,82+;;;;/m1..../s1. The SMILES string of the molecule is CCCCCCCCCCCCCCCCOC[C@@H](CN(CCO[C@@H]1O[C@H](CO[C@H]2O[C@H](COC(C)=O)[C@@H](OC(C)=O)[C@H](OC(C)=O)[C@@H]2O[C@@H]2O[C@H](COC(C)=O)[C@@H](OC(C)=O)[C@H](OC(C)=O)[C@H]2NC(C)=O)[C@@H](OC(C)=O)[C@H](OC(C)=O)[C@H]1OC(C)=O)C(=O)CCCCCCCCCCCCCCc1cc[c]([Sn]([CH2]CCC)([CH2]CCC)[CH2]CCC)cc1)OC(C)=O. The molecule has 0 aromatic heterocycles. The van der Waals surface area contributed by atoms with E-state index in [1.165, 1.54) is 172 Å². The molecule has 32 heteroatoms. The van der Waals surface area contributed by atoms with Crippen molar-refractivity contribution in [3.8, 4) is 0 Å². The van der Waals surface area contributed by atoms with E-state index in [9.17, 15) is 57.5 Å². The van der Waals surface area contributed by atoms with E-state index in [0.29, 0.717) is 13.0 Å². The van der Waals surface area contributed by atoms with Gasteiger partial charge in [0.1, 0.15) is 43.7 Å². The maximum Gasteiger partial charge on any atom is 0.303 e. The van der Waals surface area contributed by atoms with Crippen LogP contribution in [-0.2, 0) is 144 Å². The van der Waals surface area contributed by atoms with Crippen LogP contribution in [-0.4, -0.2) is 246 Å². The van der Waals surface area contributed by atoms with Crippen molar-refractivity contribution >= 4 is 93.5 Å². The van der Waals surface area contributed by atoms with Crippen LogP contribution in [0.1, 0.15) is 321 Å². The molecule has 1 N–H and O–H groups in total. The van der Waals surface area contributed by atoms with Crippen LogP contribution in [0, 0.1) is 0 Å². The van der Waals surface area contributed by atoms with Gasteiger partial charge in [0, 0.05) is 95.7 Å². The second-order valence-corrected chi connectivity index (χ2v) is 47.3. The van der Waals surface area contributed by atoms with Crippen molar-refractivity contribution in [3.63, 3.8) is 0 Å². The second kappa shape index (κ2) is 64.2. The average Bonchev–Trinajstić information content (AvgIpc) is 0.767. The third-order valence-electron chi connectivity index (χ3n) is 22.8. The summed E-state index contributed by atoms with van der Waals surface area (Å²) in [5, 5.41) is 2.58. The topological polar surface area (TPSA) is 377 Å². The van der Waals surface area contributed by atoms with Crippen LogP contribution in [0.4, 0.5) is 0 Å². The number of nitrogens with one attached hydrogen (secondary N) is 1. The molecule has 720 valence electrons. The monoisotopic (exact) mass is 1900 g/mol. The van der Waals surface area contributed by atoms with Crippen LogP contribution in [0.15, 0.2) is 24.3 Å². The Labute approximate surface area is 753 Å². The summed E-state index contributed by atoms with van der Waals surface area (Å²) in [4.78, 5) is 159. The molecule has 3 aliphatic rings. The van der Waals surface area contributed by atoms with Gasteiger partial charge in [-0.1, -0.05) is 116 Å². The molecular weight excluding hydrogens is 1740 g/mol. The van der Waals surface area contributed by atoms with E-state index in [0.717, 1.165) is 133 Å². The first-order chi connectivity index (χ1) is 60.3. The number of hydrogen-bond acceptors (Lipinski definition) is 29. The fraction of sp³-hybridized carbons (Fsp3) is 0.809. The minimum Gasteiger partial charge on any atom is -0.458 e. The molecule has 3 aliphatic heterocycles. The first-order valence-corrected chi connectivity index (χ1v) is 54.6. The normalized spacial score (nSPS) is 22.5. The summed E-state index contributed by atoms with van der Waals surface area (Å²) in [5.41, 5.74) is 1.46. The minimum atomic E-state index is -2.45. The fourth-order valence-corrected chi connectivity index (χ4v) is 32.7. The quantitative estimate of drug-likeness (QED) is 0.0274. The van der Waals surface area contributed by atoms with Gasteiger partial charge in [0.2, 0.25) is 11.8 Å². The van der Waals surface area contributed by atoms with Gasteiger partial charge in [0.25, 0.3) is 0 Å². The molecule has 3 heterocycles. The van der Waals surface area contributed by atoms with Gasteiger partial charge in [-0.15, -0.1) is 0 Å². The van der Waals surface area contributed by atoms with Crippen molar-refractivity contribution in [2.24, 2.45) is 0 Å². The number of aryl methyl sites for hydroxylation is 1. The number of ether oxygens (including phenoxy) is 17. The number of amides is 2. The van der Waals surface area contributed by atoms with Gasteiger partial charge < -0.3 is 90.7 Å². The summed E-state index contributed by atoms with van der Waals surface area (Å²) < 4.78 is 108. The maximum absolute atomic E-state index is 14.7. The van der Waals surface area contributed by atoms with Gasteiger partial charge in [-0.3, -0.25) is 57.5 Å². The second-order valence-electron chi connectivity index (χ2n) is 34.1. The van der Waals surface area contributed by atoms with Gasteiger partial charge in [-0.05, 0) is 12.8 Å². The van der Waals surface area contributed by atoms with Gasteiger partial charge in [-0.25, -0.2) is 0 Å². The summed E-state index contributed by atoms with van der Waals surface area (Å²) in [5.74, 6) is -10.1. The number of benzene rings is 1. The molecule has 3 saturated heterocycles. The summed E-state index contributed by atoms with van der Waals surface area (Å²) in [6.07, 6.45) is 12.8. The number of hydrogen-bond donors (Lipinski definition) is 1. The molecule has 3 fully saturated rings. The van der Waals surface area contributed by atoms with E-state index in [2.05, 4.69) is 57.3 Å². The van der Waals surface area contributed by atoms with E-state index in [4.69, 9.17) is 80.5 Å². The zero-order chi connectivity index (χ0) is 92.8. The van der Waals surface area contributed by atoms with Crippen molar-refractivity contribution in [2.75, 3.05) is 52.7 Å². The first kappa shape index (κ1) is 112. The molecule has 0 unspecified atom stereocenters. The Bertz CT molecular complexity index is 3320. The predicted molar refractivity (Wildman–Crippen MR) is 470 cm³/mol. The van der Waals surface area contributed by atoms with Crippen LogP contribution in [0.5, 0.6) is 0 Å². The van der Waals surface area contributed by atoms with Crippen molar-refractivity contribution < 1.29 is 138 Å². The summed E-state index contributed by atoms with van der Waals surface area (Å²) in [6, 6.07) is 8.27. The van der Waals surface area contributed by atoms with Crippen molar-refractivity contribution in [1.29, 1.82) is 0 Å². The van der Waals surface area contributed by atoms with E-state index in [1.54, 1.807) is 3.58 Å². The molecule has 0 saturated carbocycles. The fourth-order valence-electron chi connectivity index (χ4n) is 16.7. The number of carbonyl (C=O) groups is 12. The molecule has 0 radical (unpaired) electrons. The van der Waals surface area contributed by atoms with Gasteiger partial charge in [-0.2, -0.15) is 0 Å². The third kappa shape index (κ3) is 44.8. The number of unbranched alkanes of at least 4 members (excludes halogenated alkanes) is 27. The van der Waals surface area contributed by atoms with Gasteiger partial charge in [0.05, 0.1) is 26.4 Å². The largest absolute Gasteiger partial charge is 0.458 e. The molecule has 1 aromatic rings. The molecule has 0 spiro atoms. The summed E-state index contributed by atoms with van der Waals surface area (Å²) in [7, 11) is 0. The Morgan fingerprint density at radius 1 is 0.373 bits per heavy atom. The smallest absolute Gasteiger partial charge is 0.303 e. The zero-order valence-electron chi connectivity index (χ0n) is 78.7. The first-order valence-electron chi connectivity index (χ1n) is 47.1. The summed E-state index contributed by atoms with van der Waals surface area (Å²) >= 11 is -2.45. The van der Waals surface area contributed by atoms with Crippen LogP contribution < -0.4 is 8.90 Å². The average molecular weight is 1900 g/mol. The maximum atomic E-state index is 14.7. The van der Waals surface area contributed by atoms with Crippen LogP contribution >= 0.6 is 0 Å². The number of esters is 10. The predicted octanol–water partition coefficient (Wildman–Crippen LogP) is 14.4. The Morgan fingerprint density at radius 3 is 1.17 bits per heavy atom. The summed E-state index contributed by atoms with van der Waals surface area (Å²) in [6.45, 7) is 18.3. The Balaban J connectivity index is 1.62. The number of nitrogens with zero attached hydrogens (tertiary/aromatic N) is 1. The molecule has 16 atom stereocenters. The van der Waals surface area contributed by atoms with Gasteiger partial charge in [0.15, 0.2) is 67.7 Å². The number of rotatable bonds is 66. The Kier molecular flexibility index (Phi) is 56.9. The van der Waals surface area contributed by atoms with Crippen LogP contribution in [0.25, 0.3) is 0 Å². The zero-order valence-corrected chi connectivity index (χ0v) is 81.5. The molecule has 31 nitrogen and oxygen atoms in total. The molecule has 126 heavy (non-hydrogen) atoms. The van der Waals surface area contributed by atoms with Crippen LogP contribution in [0.2, 0.25) is 13.3 Å². The van der Waals surface area contributed by atoms with E-state index < -0.39 is 209 Å². The van der Waals surface area contributed by atoms with Crippen LogP contribution in [0.3, 0.4) is 0 Å². The molecule has 2 amide bonds. The molecule has 4 rings (SSSR count). The molecule has 1 aromatic carbocycles. The molecule has 0 aliphatic carbocycles. The van der Waals surface area contributed by atoms with E-state index in [1.807, 2.05) is 0 Å². The Hall–Kier alpha value is -6.62. The van der Waals surface area contributed by atoms with Crippen molar-refractivity contribution in [3.05, 3.63) is 29.8 Å². The van der Waals surface area contributed by atoms with E-state index in [-0.39, 0.29) is 32.0 Å². The molecular formula is C94H156N2O29Sn. The third-order valence-corrected chi connectivity index (χ3v) is 38.5. The van der Waals surface area contributed by atoms with Crippen molar-refractivity contribution in [1.82, 2.24) is 10.2 Å². The number of carbonyl (C=O) groups excluding carboxylic acids is 12. The molecule has 0 bridgehead atoms. The van der Waals surface area contributed by atoms with E-state index >= 15 is 0 Å². The van der Waals surface area contributed by atoms with Gasteiger partial charge >= 0.3 is 235 Å².